The molecule has 0 saturated heterocycles. The maximum absolute atomic E-state index is 13.3. The molecular formula is C37H56O2S. The Hall–Kier alpha value is -1.22. The number of thioether (sulfide) groups is 1. The van der Waals surface area contributed by atoms with Crippen LogP contribution in [0.25, 0.3) is 0 Å². The van der Waals surface area contributed by atoms with Crippen LogP contribution in [0.4, 0.5) is 0 Å². The highest BCUT2D eigenvalue weighted by Crippen LogP contribution is 2.67. The van der Waals surface area contributed by atoms with Gasteiger partial charge in [0.2, 0.25) is 5.12 Å². The van der Waals surface area contributed by atoms with E-state index < -0.39 is 0 Å². The second kappa shape index (κ2) is 12.6. The monoisotopic (exact) mass is 564 g/mol. The Labute approximate surface area is 249 Å². The standard InChI is InChI=1S/C37H56O2S/c1-7-34(39-28-14-9-8-10-15-28)35(38)40-29-20-22-36(5)27(24-29)16-17-30-32-19-18-31(26(4)13-11-12-25(2)3)37(32,6)23-21-33(30)36/h8-10,14-16,25-26,29-34H,7,11-13,17-24H2,1-6H3/t26-,29+,30-,31+,32+,33+,34+,36+,37-/m0/s1. The van der Waals surface area contributed by atoms with Crippen LogP contribution in [0.3, 0.4) is 0 Å². The topological polar surface area (TPSA) is 26.3 Å². The van der Waals surface area contributed by atoms with Crippen LogP contribution < -0.4 is 4.74 Å². The fourth-order valence-corrected chi connectivity index (χ4v) is 11.1. The van der Waals surface area contributed by atoms with Crippen molar-refractivity contribution in [2.24, 2.45) is 46.3 Å². The third kappa shape index (κ3) is 5.97. The molecule has 0 amide bonds. The Morgan fingerprint density at radius 1 is 1.00 bits per heavy atom. The zero-order valence-corrected chi connectivity index (χ0v) is 27.1. The maximum atomic E-state index is 13.3. The van der Waals surface area contributed by atoms with E-state index in [0.29, 0.717) is 16.1 Å². The third-order valence-electron chi connectivity index (χ3n) is 12.2. The normalized spacial score (nSPS) is 36.7. The van der Waals surface area contributed by atoms with Gasteiger partial charge in [0.05, 0.1) is 0 Å². The molecule has 0 radical (unpaired) electrons. The molecule has 4 aliphatic rings. The van der Waals surface area contributed by atoms with Crippen LogP contribution in [0, 0.1) is 46.3 Å². The van der Waals surface area contributed by atoms with Crippen LogP contribution in [0.2, 0.25) is 0 Å². The van der Waals surface area contributed by atoms with Gasteiger partial charge in [0.1, 0.15) is 5.75 Å². The average molecular weight is 565 g/mol. The molecule has 3 fully saturated rings. The van der Waals surface area contributed by atoms with Gasteiger partial charge in [0, 0.05) is 5.25 Å². The number of para-hydroxylation sites is 1. The molecule has 1 aromatic carbocycles. The second-order valence-corrected chi connectivity index (χ2v) is 16.2. The Bertz CT molecular complexity index is 1030. The minimum Gasteiger partial charge on any atom is -0.482 e. The number of allylic oxidation sites excluding steroid dienone is 2. The summed E-state index contributed by atoms with van der Waals surface area (Å²) >= 11 is 1.58. The largest absolute Gasteiger partial charge is 0.482 e. The molecule has 0 N–H and O–H groups in total. The first-order valence-electron chi connectivity index (χ1n) is 16.8. The van der Waals surface area contributed by atoms with E-state index in [-0.39, 0.29) is 11.2 Å². The predicted octanol–water partition coefficient (Wildman–Crippen LogP) is 10.5. The summed E-state index contributed by atoms with van der Waals surface area (Å²) < 4.78 is 6.09. The molecule has 5 rings (SSSR count). The molecule has 0 heterocycles. The number of hydrogen-bond donors (Lipinski definition) is 0. The summed E-state index contributed by atoms with van der Waals surface area (Å²) in [4.78, 5) is 13.3. The molecule has 4 aliphatic carbocycles. The third-order valence-corrected chi connectivity index (χ3v) is 13.4. The van der Waals surface area contributed by atoms with Crippen molar-refractivity contribution in [1.29, 1.82) is 0 Å². The summed E-state index contributed by atoms with van der Waals surface area (Å²) in [6.07, 6.45) is 17.8. The molecule has 0 aliphatic heterocycles. The smallest absolute Gasteiger partial charge is 0.229 e. The van der Waals surface area contributed by atoms with Gasteiger partial charge in [-0.2, -0.15) is 0 Å². The summed E-state index contributed by atoms with van der Waals surface area (Å²) in [5.74, 6) is 6.05. The first-order chi connectivity index (χ1) is 19.2. The highest BCUT2D eigenvalue weighted by molar-refractivity contribution is 8.14. The molecule has 0 bridgehead atoms. The predicted molar refractivity (Wildman–Crippen MR) is 171 cm³/mol. The summed E-state index contributed by atoms with van der Waals surface area (Å²) in [5, 5.41) is 0.607. The number of hydrogen-bond acceptors (Lipinski definition) is 3. The molecule has 1 aromatic rings. The number of rotatable bonds is 10. The van der Waals surface area contributed by atoms with E-state index in [1.165, 1.54) is 57.8 Å². The second-order valence-electron chi connectivity index (χ2n) is 14.9. The van der Waals surface area contributed by atoms with Crippen LogP contribution in [0.15, 0.2) is 42.0 Å². The van der Waals surface area contributed by atoms with Gasteiger partial charge in [-0.1, -0.05) is 102 Å². The van der Waals surface area contributed by atoms with Crippen molar-refractivity contribution < 1.29 is 9.53 Å². The lowest BCUT2D eigenvalue weighted by atomic mass is 9.47. The highest BCUT2D eigenvalue weighted by Gasteiger charge is 2.59. The van der Waals surface area contributed by atoms with E-state index in [1.54, 1.807) is 17.3 Å². The molecule has 0 aromatic heterocycles. The fourth-order valence-electron chi connectivity index (χ4n) is 9.95. The quantitative estimate of drug-likeness (QED) is 0.264. The summed E-state index contributed by atoms with van der Waals surface area (Å²) in [6.45, 7) is 14.7. The van der Waals surface area contributed by atoms with Crippen molar-refractivity contribution in [3.8, 4) is 5.75 Å². The van der Waals surface area contributed by atoms with Gasteiger partial charge >= 0.3 is 0 Å². The lowest BCUT2D eigenvalue weighted by Crippen LogP contribution is -2.50. The molecule has 0 spiro atoms. The number of carbonyl (C=O) groups excluding carboxylic acids is 1. The Morgan fingerprint density at radius 2 is 1.77 bits per heavy atom. The van der Waals surface area contributed by atoms with Gasteiger partial charge in [0.15, 0.2) is 6.10 Å². The van der Waals surface area contributed by atoms with Crippen LogP contribution in [0.1, 0.15) is 119 Å². The van der Waals surface area contributed by atoms with E-state index >= 15 is 0 Å². The molecule has 222 valence electrons. The van der Waals surface area contributed by atoms with E-state index in [9.17, 15) is 4.79 Å². The highest BCUT2D eigenvalue weighted by atomic mass is 32.2. The van der Waals surface area contributed by atoms with Crippen molar-refractivity contribution in [2.45, 2.75) is 130 Å². The summed E-state index contributed by atoms with van der Waals surface area (Å²) in [7, 11) is 0. The minimum atomic E-state index is -0.357. The van der Waals surface area contributed by atoms with Crippen molar-refractivity contribution >= 4 is 16.9 Å². The van der Waals surface area contributed by atoms with Crippen molar-refractivity contribution in [1.82, 2.24) is 0 Å². The number of ether oxygens (including phenoxy) is 1. The van der Waals surface area contributed by atoms with Crippen molar-refractivity contribution in [3.63, 3.8) is 0 Å². The summed E-state index contributed by atoms with van der Waals surface area (Å²) in [5.41, 5.74) is 2.58. The van der Waals surface area contributed by atoms with Crippen molar-refractivity contribution in [2.75, 3.05) is 0 Å². The van der Waals surface area contributed by atoms with Crippen LogP contribution >= 0.6 is 11.8 Å². The summed E-state index contributed by atoms with van der Waals surface area (Å²) in [6, 6.07) is 9.83. The molecule has 2 nitrogen and oxygen atoms in total. The maximum Gasteiger partial charge on any atom is 0.229 e. The molecule has 9 atom stereocenters. The van der Waals surface area contributed by atoms with Crippen molar-refractivity contribution in [3.05, 3.63) is 42.0 Å². The average Bonchev–Trinajstić information content (AvgIpc) is 3.29. The van der Waals surface area contributed by atoms with Crippen LogP contribution in [0.5, 0.6) is 5.75 Å². The Kier molecular flexibility index (Phi) is 9.50. The molecule has 0 unspecified atom stereocenters. The SMILES string of the molecule is CC[C@@H](Oc1ccccc1)C(=O)S[C@@H]1CC[C@]2(C)C(=CC[C@H]3[C@H]4CC[C@H]([C@@H](C)CCCC(C)C)[C@]4(C)CC[C@H]32)C1. The Morgan fingerprint density at radius 3 is 2.50 bits per heavy atom. The van der Waals surface area contributed by atoms with Gasteiger partial charge in [-0.3, -0.25) is 4.79 Å². The first-order valence-corrected chi connectivity index (χ1v) is 17.6. The Balaban J connectivity index is 1.22. The van der Waals surface area contributed by atoms with Crippen LogP contribution in [-0.4, -0.2) is 16.5 Å². The first kappa shape index (κ1) is 30.2. The van der Waals surface area contributed by atoms with Gasteiger partial charge in [-0.05, 0) is 116 Å². The lowest BCUT2D eigenvalue weighted by Gasteiger charge is -2.58. The van der Waals surface area contributed by atoms with E-state index in [1.807, 2.05) is 30.3 Å². The van der Waals surface area contributed by atoms with E-state index in [4.69, 9.17) is 4.74 Å². The van der Waals surface area contributed by atoms with E-state index in [0.717, 1.165) is 60.5 Å². The lowest BCUT2D eigenvalue weighted by molar-refractivity contribution is -0.117. The van der Waals surface area contributed by atoms with Gasteiger partial charge < -0.3 is 4.74 Å². The molecule has 3 saturated carbocycles. The zero-order valence-electron chi connectivity index (χ0n) is 26.3. The molecular weight excluding hydrogens is 508 g/mol. The minimum absolute atomic E-state index is 0.210. The van der Waals surface area contributed by atoms with Gasteiger partial charge in [-0.25, -0.2) is 0 Å². The number of carbonyl (C=O) groups is 1. The van der Waals surface area contributed by atoms with Gasteiger partial charge in [0.25, 0.3) is 0 Å². The molecule has 40 heavy (non-hydrogen) atoms. The van der Waals surface area contributed by atoms with Crippen LogP contribution in [-0.2, 0) is 4.79 Å². The molecule has 3 heteroatoms. The number of benzene rings is 1. The van der Waals surface area contributed by atoms with Gasteiger partial charge in [-0.15, -0.1) is 0 Å². The fraction of sp³-hybridized carbons (Fsp3) is 0.757. The number of fused-ring (bicyclic) bond motifs is 5. The van der Waals surface area contributed by atoms with E-state index in [2.05, 4.69) is 47.6 Å². The zero-order chi connectivity index (χ0) is 28.5.